The van der Waals surface area contributed by atoms with Crippen LogP contribution >= 0.6 is 11.6 Å². The van der Waals surface area contributed by atoms with Gasteiger partial charge in [-0.25, -0.2) is 14.4 Å². The van der Waals surface area contributed by atoms with Crippen LogP contribution in [0.1, 0.15) is 16.8 Å². The van der Waals surface area contributed by atoms with E-state index in [1.165, 1.54) is 12.1 Å². The summed E-state index contributed by atoms with van der Waals surface area (Å²) in [5.41, 5.74) is 7.91. The highest BCUT2D eigenvalue weighted by atomic mass is 35.5. The normalized spacial score (nSPS) is 16.7. The quantitative estimate of drug-likeness (QED) is 0.851. The van der Waals surface area contributed by atoms with E-state index in [1.807, 2.05) is 0 Å². The fourth-order valence-corrected chi connectivity index (χ4v) is 3.07. The molecule has 1 amide bonds. The van der Waals surface area contributed by atoms with Crippen molar-refractivity contribution in [3.63, 3.8) is 0 Å². The van der Waals surface area contributed by atoms with Gasteiger partial charge >= 0.3 is 0 Å². The lowest BCUT2D eigenvalue weighted by molar-refractivity contribution is 0.0757. The van der Waals surface area contributed by atoms with Crippen molar-refractivity contribution in [1.29, 1.82) is 0 Å². The lowest BCUT2D eigenvalue weighted by atomic mass is 10.1. The first kappa shape index (κ1) is 15.8. The van der Waals surface area contributed by atoms with Crippen molar-refractivity contribution < 1.29 is 9.18 Å². The molecule has 4 rings (SSSR count). The smallest absolute Gasteiger partial charge is 0.257 e. The molecule has 1 aromatic carbocycles. The number of nitrogens with zero attached hydrogens (tertiary/aromatic N) is 4. The Morgan fingerprint density at radius 1 is 1.32 bits per heavy atom. The van der Waals surface area contributed by atoms with Gasteiger partial charge in [-0.2, -0.15) is 0 Å². The fraction of sp³-hybridized carbons (Fsp3) is 0.188. The summed E-state index contributed by atoms with van der Waals surface area (Å²) in [6.45, 7) is 0.819. The number of aromatic nitrogens is 2. The van der Waals surface area contributed by atoms with E-state index in [0.29, 0.717) is 25.3 Å². The molecule has 25 heavy (non-hydrogen) atoms. The second kappa shape index (κ2) is 6.30. The molecule has 0 radical (unpaired) electrons. The number of carbonyl (C=O) groups excluding carboxylic acids is 1. The maximum atomic E-state index is 14.0. The number of rotatable bonds is 2. The summed E-state index contributed by atoms with van der Waals surface area (Å²) in [7, 11) is 0. The number of halogens is 2. The first-order chi connectivity index (χ1) is 12.1. The van der Waals surface area contributed by atoms with Crippen molar-refractivity contribution >= 4 is 23.3 Å². The maximum Gasteiger partial charge on any atom is 0.257 e. The molecule has 0 saturated heterocycles. The molecule has 0 atom stereocenters. The SMILES string of the molecule is O=C(c1ccc(Cl)cc1F)N1CCC2=C(C1)NNN2c1cnccn1. The Kier molecular flexibility index (Phi) is 3.98. The van der Waals surface area contributed by atoms with Gasteiger partial charge in [-0.15, -0.1) is 5.53 Å². The summed E-state index contributed by atoms with van der Waals surface area (Å²) < 4.78 is 14.0. The van der Waals surface area contributed by atoms with Gasteiger partial charge in [0, 0.05) is 30.4 Å². The van der Waals surface area contributed by atoms with Crippen LogP contribution in [0.25, 0.3) is 0 Å². The minimum atomic E-state index is -0.615. The third kappa shape index (κ3) is 2.90. The Balaban J connectivity index is 1.54. The minimum Gasteiger partial charge on any atom is -0.332 e. The molecule has 0 unspecified atom stereocenters. The van der Waals surface area contributed by atoms with E-state index in [4.69, 9.17) is 11.6 Å². The van der Waals surface area contributed by atoms with E-state index in [-0.39, 0.29) is 16.5 Å². The first-order valence-corrected chi connectivity index (χ1v) is 8.05. The zero-order valence-corrected chi connectivity index (χ0v) is 13.8. The van der Waals surface area contributed by atoms with E-state index in [9.17, 15) is 9.18 Å². The Bertz CT molecular complexity index is 859. The first-order valence-electron chi connectivity index (χ1n) is 7.67. The van der Waals surface area contributed by atoms with Crippen LogP contribution in [-0.2, 0) is 0 Å². The summed E-state index contributed by atoms with van der Waals surface area (Å²) in [5, 5.41) is 2.06. The zero-order chi connectivity index (χ0) is 17.4. The monoisotopic (exact) mass is 360 g/mol. The van der Waals surface area contributed by atoms with Crippen LogP contribution in [-0.4, -0.2) is 33.9 Å². The molecule has 2 aliphatic heterocycles. The highest BCUT2D eigenvalue weighted by molar-refractivity contribution is 6.30. The molecule has 0 saturated carbocycles. The van der Waals surface area contributed by atoms with E-state index >= 15 is 0 Å². The van der Waals surface area contributed by atoms with Gasteiger partial charge in [0.15, 0.2) is 5.82 Å². The Labute approximate surface area is 148 Å². The predicted molar refractivity (Wildman–Crippen MR) is 89.7 cm³/mol. The minimum absolute atomic E-state index is 0.0187. The van der Waals surface area contributed by atoms with Crippen LogP contribution in [0.5, 0.6) is 0 Å². The van der Waals surface area contributed by atoms with Gasteiger partial charge in [-0.3, -0.25) is 9.78 Å². The fourth-order valence-electron chi connectivity index (χ4n) is 2.91. The van der Waals surface area contributed by atoms with Crippen molar-refractivity contribution in [2.75, 3.05) is 18.1 Å². The summed E-state index contributed by atoms with van der Waals surface area (Å²) in [6, 6.07) is 4.07. The Hall–Kier alpha value is -2.71. The standard InChI is InChI=1S/C16H14ClFN6O/c17-10-1-2-11(12(18)7-10)16(25)23-6-3-14-13(9-23)21-22-24(14)15-8-19-4-5-20-15/h1-2,4-5,7-8,21-22H,3,6,9H2. The molecule has 1 aromatic heterocycles. The molecule has 2 aromatic rings. The maximum absolute atomic E-state index is 14.0. The van der Waals surface area contributed by atoms with E-state index in [2.05, 4.69) is 20.9 Å². The van der Waals surface area contributed by atoms with Crippen molar-refractivity contribution in [1.82, 2.24) is 25.8 Å². The molecule has 3 heterocycles. The molecular weight excluding hydrogens is 347 g/mol. The number of anilines is 1. The summed E-state index contributed by atoms with van der Waals surface area (Å²) in [6.07, 6.45) is 5.46. The third-order valence-corrected chi connectivity index (χ3v) is 4.37. The Morgan fingerprint density at radius 3 is 2.96 bits per heavy atom. The molecule has 9 heteroatoms. The van der Waals surface area contributed by atoms with E-state index in [0.717, 1.165) is 17.5 Å². The van der Waals surface area contributed by atoms with Gasteiger partial charge in [0.2, 0.25) is 0 Å². The van der Waals surface area contributed by atoms with E-state index in [1.54, 1.807) is 28.5 Å². The van der Waals surface area contributed by atoms with Gasteiger partial charge in [-0.1, -0.05) is 11.6 Å². The average Bonchev–Trinajstić information content (AvgIpc) is 3.05. The van der Waals surface area contributed by atoms with Crippen LogP contribution in [0.15, 0.2) is 48.2 Å². The summed E-state index contributed by atoms with van der Waals surface area (Å²) >= 11 is 5.75. The Morgan fingerprint density at radius 2 is 2.20 bits per heavy atom. The van der Waals surface area contributed by atoms with Crippen LogP contribution < -0.4 is 16.0 Å². The third-order valence-electron chi connectivity index (χ3n) is 4.13. The van der Waals surface area contributed by atoms with Crippen LogP contribution in [0.2, 0.25) is 5.02 Å². The molecular formula is C16H14ClFN6O. The van der Waals surface area contributed by atoms with Crippen molar-refractivity contribution in [2.24, 2.45) is 0 Å². The van der Waals surface area contributed by atoms with Crippen molar-refractivity contribution in [2.45, 2.75) is 6.42 Å². The molecule has 0 spiro atoms. The van der Waals surface area contributed by atoms with Gasteiger partial charge in [0.25, 0.3) is 5.91 Å². The molecule has 0 bridgehead atoms. The number of hydrazine groups is 2. The molecule has 128 valence electrons. The number of carbonyl (C=O) groups is 1. The highest BCUT2D eigenvalue weighted by Crippen LogP contribution is 2.27. The number of benzene rings is 1. The lowest BCUT2D eigenvalue weighted by Gasteiger charge is -2.29. The number of amides is 1. The number of nitrogens with one attached hydrogen (secondary N) is 2. The largest absolute Gasteiger partial charge is 0.332 e. The van der Waals surface area contributed by atoms with Crippen LogP contribution in [0.3, 0.4) is 0 Å². The zero-order valence-electron chi connectivity index (χ0n) is 13.0. The van der Waals surface area contributed by atoms with Crippen LogP contribution in [0, 0.1) is 5.82 Å². The number of hydrogen-bond acceptors (Lipinski definition) is 6. The van der Waals surface area contributed by atoms with E-state index < -0.39 is 5.82 Å². The molecule has 2 N–H and O–H groups in total. The average molecular weight is 361 g/mol. The van der Waals surface area contributed by atoms with Crippen molar-refractivity contribution in [3.05, 3.63) is 64.6 Å². The van der Waals surface area contributed by atoms with Gasteiger partial charge in [0.05, 0.1) is 29.7 Å². The summed E-state index contributed by atoms with van der Waals surface area (Å²) in [4.78, 5) is 22.5. The van der Waals surface area contributed by atoms with Gasteiger partial charge in [-0.05, 0) is 18.2 Å². The molecule has 2 aliphatic rings. The number of hydrogen-bond donors (Lipinski definition) is 2. The molecule has 7 nitrogen and oxygen atoms in total. The predicted octanol–water partition coefficient (Wildman–Crippen LogP) is 1.86. The molecule has 0 fully saturated rings. The lowest BCUT2D eigenvalue weighted by Crippen LogP contribution is -2.39. The topological polar surface area (TPSA) is 73.4 Å². The van der Waals surface area contributed by atoms with Crippen molar-refractivity contribution in [3.8, 4) is 0 Å². The highest BCUT2D eigenvalue weighted by Gasteiger charge is 2.32. The summed E-state index contributed by atoms with van der Waals surface area (Å²) in [5.74, 6) is -0.319. The second-order valence-corrected chi connectivity index (χ2v) is 6.10. The van der Waals surface area contributed by atoms with Gasteiger partial charge in [0.1, 0.15) is 5.82 Å². The second-order valence-electron chi connectivity index (χ2n) is 5.66. The van der Waals surface area contributed by atoms with Gasteiger partial charge < -0.3 is 10.3 Å². The molecule has 0 aliphatic carbocycles. The van der Waals surface area contributed by atoms with Crippen LogP contribution in [0.4, 0.5) is 10.2 Å².